The topological polar surface area (TPSA) is 58.6 Å². The number of nitrogens with zero attached hydrogens (tertiary/aromatic N) is 1. The van der Waals surface area contributed by atoms with E-state index in [0.717, 1.165) is 12.0 Å². The van der Waals surface area contributed by atoms with Crippen molar-refractivity contribution in [3.8, 4) is 0 Å². The lowest BCUT2D eigenvalue weighted by Crippen LogP contribution is -2.43. The van der Waals surface area contributed by atoms with Gasteiger partial charge in [0.25, 0.3) is 0 Å². The Balaban J connectivity index is 2.02. The number of likely N-dealkylation sites (tertiary alicyclic amines) is 1. The number of rotatable bonds is 4. The van der Waals surface area contributed by atoms with Crippen LogP contribution in [0.3, 0.4) is 0 Å². The lowest BCUT2D eigenvalue weighted by atomic mass is 10.1. The van der Waals surface area contributed by atoms with Gasteiger partial charge < -0.3 is 10.1 Å². The molecule has 0 aromatic heterocycles. The van der Waals surface area contributed by atoms with Crippen LogP contribution in [-0.2, 0) is 9.53 Å². The van der Waals surface area contributed by atoms with Crippen LogP contribution in [0, 0.1) is 12.8 Å². The highest BCUT2D eigenvalue weighted by Crippen LogP contribution is 2.24. The molecule has 1 N–H and O–H groups in total. The van der Waals surface area contributed by atoms with Crippen LogP contribution < -0.4 is 5.32 Å². The standard InChI is InChI=1S/C17H23ClN2O3/c1-11(2)10-23-17(22)20-8-4-5-15(20)16(21)19-14-9-13(18)7-6-12(14)3/h6-7,9,11,15H,4-5,8,10H2,1-3H3,(H,19,21)/t15-/m0/s1. The molecule has 0 radical (unpaired) electrons. The van der Waals surface area contributed by atoms with Crippen molar-refractivity contribution in [1.29, 1.82) is 0 Å². The fourth-order valence-corrected chi connectivity index (χ4v) is 2.70. The van der Waals surface area contributed by atoms with E-state index in [9.17, 15) is 9.59 Å². The molecule has 0 spiro atoms. The predicted molar refractivity (Wildman–Crippen MR) is 90.7 cm³/mol. The number of benzene rings is 1. The van der Waals surface area contributed by atoms with Crippen LogP contribution in [0.4, 0.5) is 10.5 Å². The van der Waals surface area contributed by atoms with Gasteiger partial charge in [-0.15, -0.1) is 0 Å². The van der Waals surface area contributed by atoms with Gasteiger partial charge in [-0.2, -0.15) is 0 Å². The Morgan fingerprint density at radius 1 is 1.43 bits per heavy atom. The number of carbonyl (C=O) groups excluding carboxylic acids is 2. The highest BCUT2D eigenvalue weighted by molar-refractivity contribution is 6.31. The van der Waals surface area contributed by atoms with Gasteiger partial charge in [0.2, 0.25) is 5.91 Å². The third-order valence-electron chi connectivity index (χ3n) is 3.79. The first-order chi connectivity index (χ1) is 10.9. The second kappa shape index (κ2) is 7.68. The minimum Gasteiger partial charge on any atom is -0.449 e. The molecular formula is C17H23ClN2O3. The van der Waals surface area contributed by atoms with Crippen molar-refractivity contribution in [3.63, 3.8) is 0 Å². The lowest BCUT2D eigenvalue weighted by Gasteiger charge is -2.24. The average molecular weight is 339 g/mol. The van der Waals surface area contributed by atoms with Gasteiger partial charge in [0.05, 0.1) is 6.61 Å². The second-order valence-electron chi connectivity index (χ2n) is 6.27. The van der Waals surface area contributed by atoms with E-state index < -0.39 is 12.1 Å². The first-order valence-corrected chi connectivity index (χ1v) is 8.26. The third-order valence-corrected chi connectivity index (χ3v) is 4.02. The van der Waals surface area contributed by atoms with E-state index in [2.05, 4.69) is 5.32 Å². The normalized spacial score (nSPS) is 17.4. The molecule has 1 fully saturated rings. The Bertz CT molecular complexity index is 589. The summed E-state index contributed by atoms with van der Waals surface area (Å²) in [4.78, 5) is 26.2. The van der Waals surface area contributed by atoms with E-state index in [1.54, 1.807) is 12.1 Å². The van der Waals surface area contributed by atoms with Gasteiger partial charge in [-0.1, -0.05) is 31.5 Å². The van der Waals surface area contributed by atoms with E-state index in [0.29, 0.717) is 30.3 Å². The molecule has 2 amide bonds. The fourth-order valence-electron chi connectivity index (χ4n) is 2.52. The van der Waals surface area contributed by atoms with Gasteiger partial charge in [0.1, 0.15) is 6.04 Å². The molecule has 5 nitrogen and oxygen atoms in total. The van der Waals surface area contributed by atoms with Gasteiger partial charge in [-0.25, -0.2) is 4.79 Å². The lowest BCUT2D eigenvalue weighted by molar-refractivity contribution is -0.120. The van der Waals surface area contributed by atoms with Crippen LogP contribution in [0.1, 0.15) is 32.3 Å². The number of hydrogen-bond acceptors (Lipinski definition) is 3. The Morgan fingerprint density at radius 3 is 2.87 bits per heavy atom. The van der Waals surface area contributed by atoms with Crippen LogP contribution in [-0.4, -0.2) is 36.1 Å². The van der Waals surface area contributed by atoms with Crippen LogP contribution in [0.5, 0.6) is 0 Å². The van der Waals surface area contributed by atoms with Gasteiger partial charge >= 0.3 is 6.09 Å². The van der Waals surface area contributed by atoms with E-state index in [1.165, 1.54) is 4.90 Å². The Kier molecular flexibility index (Phi) is 5.88. The van der Waals surface area contributed by atoms with Crippen LogP contribution >= 0.6 is 11.6 Å². The maximum Gasteiger partial charge on any atom is 0.410 e. The van der Waals surface area contributed by atoms with E-state index in [4.69, 9.17) is 16.3 Å². The Hall–Kier alpha value is -1.75. The molecule has 1 heterocycles. The first kappa shape index (κ1) is 17.6. The summed E-state index contributed by atoms with van der Waals surface area (Å²) >= 11 is 5.97. The molecule has 1 aliphatic heterocycles. The zero-order valence-electron chi connectivity index (χ0n) is 13.8. The molecule has 0 unspecified atom stereocenters. The molecule has 23 heavy (non-hydrogen) atoms. The fraction of sp³-hybridized carbons (Fsp3) is 0.529. The quantitative estimate of drug-likeness (QED) is 0.907. The number of nitrogens with one attached hydrogen (secondary N) is 1. The maximum absolute atomic E-state index is 12.5. The zero-order valence-corrected chi connectivity index (χ0v) is 14.5. The number of halogens is 1. The molecule has 1 aromatic carbocycles. The molecule has 126 valence electrons. The summed E-state index contributed by atoms with van der Waals surface area (Å²) in [7, 11) is 0. The van der Waals surface area contributed by atoms with E-state index in [-0.39, 0.29) is 11.8 Å². The van der Waals surface area contributed by atoms with Gasteiger partial charge in [0.15, 0.2) is 0 Å². The maximum atomic E-state index is 12.5. The highest BCUT2D eigenvalue weighted by atomic mass is 35.5. The summed E-state index contributed by atoms with van der Waals surface area (Å²) < 4.78 is 5.25. The smallest absolute Gasteiger partial charge is 0.410 e. The molecule has 1 aromatic rings. The number of ether oxygens (including phenoxy) is 1. The van der Waals surface area contributed by atoms with Crippen LogP contribution in [0.2, 0.25) is 5.02 Å². The molecule has 0 aliphatic carbocycles. The van der Waals surface area contributed by atoms with Gasteiger partial charge in [0, 0.05) is 17.3 Å². The SMILES string of the molecule is Cc1ccc(Cl)cc1NC(=O)[C@@H]1CCCN1C(=O)OCC(C)C. The third kappa shape index (κ3) is 4.61. The minimum atomic E-state index is -0.493. The van der Waals surface area contributed by atoms with Crippen molar-refractivity contribution in [2.24, 2.45) is 5.92 Å². The summed E-state index contributed by atoms with van der Waals surface area (Å²) in [6.45, 7) is 6.75. The summed E-state index contributed by atoms with van der Waals surface area (Å²) in [6, 6.07) is 4.84. The highest BCUT2D eigenvalue weighted by Gasteiger charge is 2.35. The van der Waals surface area contributed by atoms with E-state index >= 15 is 0 Å². The number of anilines is 1. The van der Waals surface area contributed by atoms with Crippen molar-refractivity contribution in [2.45, 2.75) is 39.7 Å². The summed E-state index contributed by atoms with van der Waals surface area (Å²) in [6.07, 6.45) is 1.02. The molecule has 1 atom stereocenters. The van der Waals surface area contributed by atoms with Crippen molar-refractivity contribution in [1.82, 2.24) is 4.90 Å². The number of aryl methyl sites for hydroxylation is 1. The summed E-state index contributed by atoms with van der Waals surface area (Å²) in [5, 5.41) is 3.43. The molecule has 1 saturated heterocycles. The molecule has 1 aliphatic rings. The number of amides is 2. The average Bonchev–Trinajstić information content (AvgIpc) is 2.98. The Morgan fingerprint density at radius 2 is 2.17 bits per heavy atom. The van der Waals surface area contributed by atoms with Crippen molar-refractivity contribution < 1.29 is 14.3 Å². The Labute approximate surface area is 141 Å². The van der Waals surface area contributed by atoms with Crippen molar-refractivity contribution in [2.75, 3.05) is 18.5 Å². The predicted octanol–water partition coefficient (Wildman–Crippen LogP) is 3.84. The zero-order chi connectivity index (χ0) is 17.0. The van der Waals surface area contributed by atoms with Crippen LogP contribution in [0.25, 0.3) is 0 Å². The monoisotopic (exact) mass is 338 g/mol. The molecule has 2 rings (SSSR count). The largest absolute Gasteiger partial charge is 0.449 e. The van der Waals surface area contributed by atoms with Crippen molar-refractivity contribution >= 4 is 29.3 Å². The minimum absolute atomic E-state index is 0.200. The first-order valence-electron chi connectivity index (χ1n) is 7.89. The summed E-state index contributed by atoms with van der Waals surface area (Å²) in [5.41, 5.74) is 1.60. The van der Waals surface area contributed by atoms with Crippen LogP contribution in [0.15, 0.2) is 18.2 Å². The molecule has 0 bridgehead atoms. The second-order valence-corrected chi connectivity index (χ2v) is 6.71. The number of hydrogen-bond donors (Lipinski definition) is 1. The van der Waals surface area contributed by atoms with Gasteiger partial charge in [-0.05, 0) is 43.4 Å². The molecule has 6 heteroatoms. The van der Waals surface area contributed by atoms with E-state index in [1.807, 2.05) is 26.8 Å². The summed E-state index contributed by atoms with van der Waals surface area (Å²) in [5.74, 6) is 0.0669. The number of carbonyl (C=O) groups is 2. The molecule has 0 saturated carbocycles. The van der Waals surface area contributed by atoms with Gasteiger partial charge in [-0.3, -0.25) is 9.69 Å². The van der Waals surface area contributed by atoms with Crippen molar-refractivity contribution in [3.05, 3.63) is 28.8 Å². The molecular weight excluding hydrogens is 316 g/mol.